The first-order valence-corrected chi connectivity index (χ1v) is 7.43. The molecular formula is C15H33NO. The number of hydroxylamine groups is 1. The summed E-state index contributed by atoms with van der Waals surface area (Å²) in [6.07, 6.45) is 10.4. The Morgan fingerprint density at radius 3 is 1.71 bits per heavy atom. The molecule has 0 saturated heterocycles. The predicted octanol–water partition coefficient (Wildman–Crippen LogP) is 4.84. The molecule has 0 saturated carbocycles. The fourth-order valence-corrected chi connectivity index (χ4v) is 1.80. The van der Waals surface area contributed by atoms with Gasteiger partial charge in [-0.25, -0.2) is 0 Å². The highest BCUT2D eigenvalue weighted by Crippen LogP contribution is 2.13. The highest BCUT2D eigenvalue weighted by molar-refractivity contribution is 4.65. The summed E-state index contributed by atoms with van der Waals surface area (Å²) < 4.78 is 0. The van der Waals surface area contributed by atoms with Crippen molar-refractivity contribution in [2.75, 3.05) is 0 Å². The highest BCUT2D eigenvalue weighted by atomic mass is 16.7. The van der Waals surface area contributed by atoms with Crippen LogP contribution in [0.3, 0.4) is 0 Å². The van der Waals surface area contributed by atoms with Gasteiger partial charge in [0.15, 0.2) is 0 Å². The molecule has 0 fully saturated rings. The van der Waals surface area contributed by atoms with Crippen LogP contribution in [0.25, 0.3) is 0 Å². The van der Waals surface area contributed by atoms with E-state index in [9.17, 15) is 0 Å². The van der Waals surface area contributed by atoms with E-state index < -0.39 is 0 Å². The zero-order chi connectivity index (χ0) is 13.1. The first kappa shape index (κ1) is 16.9. The second-order valence-electron chi connectivity index (χ2n) is 6.02. The number of unbranched alkanes of at least 4 members (excludes halogenated alkanes) is 4. The van der Waals surface area contributed by atoms with Crippen LogP contribution >= 0.6 is 0 Å². The van der Waals surface area contributed by atoms with Crippen molar-refractivity contribution in [3.63, 3.8) is 0 Å². The molecule has 0 radical (unpaired) electrons. The van der Waals surface area contributed by atoms with E-state index in [4.69, 9.17) is 4.84 Å². The minimum atomic E-state index is -0.0895. The molecule has 2 heteroatoms. The van der Waals surface area contributed by atoms with Crippen LogP contribution in [0.4, 0.5) is 0 Å². The Hall–Kier alpha value is -0.0800. The Morgan fingerprint density at radius 1 is 0.882 bits per heavy atom. The fourth-order valence-electron chi connectivity index (χ4n) is 1.80. The van der Waals surface area contributed by atoms with Crippen molar-refractivity contribution in [1.82, 2.24) is 5.48 Å². The second kappa shape index (κ2) is 9.90. The first-order valence-electron chi connectivity index (χ1n) is 7.43. The molecular weight excluding hydrogens is 210 g/mol. The van der Waals surface area contributed by atoms with E-state index in [1.807, 2.05) is 0 Å². The molecule has 0 unspecified atom stereocenters. The van der Waals surface area contributed by atoms with E-state index in [0.29, 0.717) is 6.04 Å². The third kappa shape index (κ3) is 12.2. The number of nitrogens with one attached hydrogen (secondary N) is 1. The lowest BCUT2D eigenvalue weighted by atomic mass is 10.0. The molecule has 17 heavy (non-hydrogen) atoms. The van der Waals surface area contributed by atoms with Crippen LogP contribution in [0.1, 0.15) is 86.0 Å². The summed E-state index contributed by atoms with van der Waals surface area (Å²) in [5, 5.41) is 0. The van der Waals surface area contributed by atoms with Gasteiger partial charge in [0.05, 0.1) is 5.60 Å². The maximum Gasteiger partial charge on any atom is 0.0813 e. The van der Waals surface area contributed by atoms with Crippen LogP contribution in [0.2, 0.25) is 0 Å². The predicted molar refractivity (Wildman–Crippen MR) is 76.0 cm³/mol. The lowest BCUT2D eigenvalue weighted by Gasteiger charge is -2.25. The normalized spacial score (nSPS) is 12.4. The third-order valence-corrected chi connectivity index (χ3v) is 2.84. The lowest BCUT2D eigenvalue weighted by molar-refractivity contribution is -0.0908. The Morgan fingerprint density at radius 2 is 1.35 bits per heavy atom. The van der Waals surface area contributed by atoms with Gasteiger partial charge in [-0.3, -0.25) is 4.84 Å². The Kier molecular flexibility index (Phi) is 9.85. The van der Waals surface area contributed by atoms with Gasteiger partial charge in [-0.1, -0.05) is 52.4 Å². The maximum atomic E-state index is 5.70. The van der Waals surface area contributed by atoms with E-state index >= 15 is 0 Å². The van der Waals surface area contributed by atoms with E-state index in [0.717, 1.165) is 0 Å². The third-order valence-electron chi connectivity index (χ3n) is 2.84. The molecule has 0 atom stereocenters. The van der Waals surface area contributed by atoms with Crippen LogP contribution in [-0.2, 0) is 4.84 Å². The molecule has 0 aliphatic heterocycles. The Labute approximate surface area is 108 Å². The van der Waals surface area contributed by atoms with Crippen LogP contribution < -0.4 is 5.48 Å². The van der Waals surface area contributed by atoms with E-state index in [-0.39, 0.29) is 5.60 Å². The van der Waals surface area contributed by atoms with Crippen molar-refractivity contribution in [3.05, 3.63) is 0 Å². The van der Waals surface area contributed by atoms with E-state index in [1.54, 1.807) is 0 Å². The summed E-state index contributed by atoms with van der Waals surface area (Å²) in [6.45, 7) is 10.8. The quantitative estimate of drug-likeness (QED) is 0.438. The van der Waals surface area contributed by atoms with Gasteiger partial charge in [-0.05, 0) is 33.6 Å². The van der Waals surface area contributed by atoms with Crippen LogP contribution in [-0.4, -0.2) is 11.6 Å². The molecule has 0 spiro atoms. The van der Waals surface area contributed by atoms with Gasteiger partial charge in [0.25, 0.3) is 0 Å². The highest BCUT2D eigenvalue weighted by Gasteiger charge is 2.14. The van der Waals surface area contributed by atoms with Crippen LogP contribution in [0.5, 0.6) is 0 Å². The average Bonchev–Trinajstić information content (AvgIpc) is 2.24. The van der Waals surface area contributed by atoms with Gasteiger partial charge in [0, 0.05) is 6.04 Å². The van der Waals surface area contributed by atoms with Crippen LogP contribution in [0, 0.1) is 0 Å². The molecule has 0 aliphatic rings. The number of hydrogen-bond acceptors (Lipinski definition) is 2. The zero-order valence-corrected chi connectivity index (χ0v) is 12.6. The second-order valence-corrected chi connectivity index (χ2v) is 6.02. The first-order chi connectivity index (χ1) is 7.99. The molecule has 2 nitrogen and oxygen atoms in total. The molecule has 0 rings (SSSR count). The van der Waals surface area contributed by atoms with Gasteiger partial charge >= 0.3 is 0 Å². The van der Waals surface area contributed by atoms with Crippen molar-refractivity contribution < 1.29 is 4.84 Å². The summed E-state index contributed by atoms with van der Waals surface area (Å²) in [6, 6.07) is 0.535. The van der Waals surface area contributed by atoms with Gasteiger partial charge in [-0.2, -0.15) is 5.48 Å². The summed E-state index contributed by atoms with van der Waals surface area (Å²) in [7, 11) is 0. The topological polar surface area (TPSA) is 21.3 Å². The fraction of sp³-hybridized carbons (Fsp3) is 1.00. The molecule has 0 aliphatic carbocycles. The summed E-state index contributed by atoms with van der Waals surface area (Å²) in [5.74, 6) is 0. The Bertz CT molecular complexity index is 153. The Balaban J connectivity index is 3.83. The average molecular weight is 243 g/mol. The van der Waals surface area contributed by atoms with Crippen molar-refractivity contribution in [1.29, 1.82) is 0 Å². The minimum absolute atomic E-state index is 0.0895. The largest absolute Gasteiger partial charge is 0.296 e. The molecule has 0 amide bonds. The molecule has 0 bridgehead atoms. The zero-order valence-electron chi connectivity index (χ0n) is 12.6. The standard InChI is InChI=1S/C15H33NO/c1-6-8-10-12-14(13-11-9-7-2)16-17-15(3,4)5/h14,16H,6-13H2,1-5H3. The SMILES string of the molecule is CCCCCC(CCCCC)NOC(C)(C)C. The summed E-state index contributed by atoms with van der Waals surface area (Å²) >= 11 is 0. The van der Waals surface area contributed by atoms with Gasteiger partial charge in [0.1, 0.15) is 0 Å². The minimum Gasteiger partial charge on any atom is -0.296 e. The van der Waals surface area contributed by atoms with Crippen molar-refractivity contribution in [2.45, 2.75) is 97.6 Å². The van der Waals surface area contributed by atoms with E-state index in [1.165, 1.54) is 51.4 Å². The molecule has 0 aromatic carbocycles. The van der Waals surface area contributed by atoms with Crippen LogP contribution in [0.15, 0.2) is 0 Å². The van der Waals surface area contributed by atoms with Crippen molar-refractivity contribution >= 4 is 0 Å². The maximum absolute atomic E-state index is 5.70. The molecule has 0 aromatic heterocycles. The van der Waals surface area contributed by atoms with E-state index in [2.05, 4.69) is 40.1 Å². The van der Waals surface area contributed by atoms with Gasteiger partial charge < -0.3 is 0 Å². The summed E-state index contributed by atoms with van der Waals surface area (Å²) in [4.78, 5) is 5.70. The molecule has 0 heterocycles. The van der Waals surface area contributed by atoms with Crippen molar-refractivity contribution in [3.8, 4) is 0 Å². The van der Waals surface area contributed by atoms with Gasteiger partial charge in [0.2, 0.25) is 0 Å². The molecule has 104 valence electrons. The number of rotatable bonds is 10. The summed E-state index contributed by atoms with van der Waals surface area (Å²) in [5.41, 5.74) is 3.19. The molecule has 1 N–H and O–H groups in total. The molecule has 0 aromatic rings. The smallest absolute Gasteiger partial charge is 0.0813 e. The monoisotopic (exact) mass is 243 g/mol. The van der Waals surface area contributed by atoms with Crippen molar-refractivity contribution in [2.24, 2.45) is 0 Å². The number of hydrogen-bond donors (Lipinski definition) is 1. The van der Waals surface area contributed by atoms with Gasteiger partial charge in [-0.15, -0.1) is 0 Å². The lowest BCUT2D eigenvalue weighted by Crippen LogP contribution is -2.36.